The molecule has 1 amide bonds. The van der Waals surface area contributed by atoms with Crippen LogP contribution in [-0.2, 0) is 17.8 Å². The van der Waals surface area contributed by atoms with Gasteiger partial charge in [0.25, 0.3) is 5.91 Å². The summed E-state index contributed by atoms with van der Waals surface area (Å²) in [5.74, 6) is -0.543. The van der Waals surface area contributed by atoms with Gasteiger partial charge in [-0.05, 0) is 47.9 Å². The number of carbonyl (C=O) groups excluding carboxylic acids is 1. The Morgan fingerprint density at radius 2 is 1.88 bits per heavy atom. The van der Waals surface area contributed by atoms with Crippen molar-refractivity contribution in [1.82, 2.24) is 15.8 Å². The summed E-state index contributed by atoms with van der Waals surface area (Å²) < 4.78 is 0. The van der Waals surface area contributed by atoms with Gasteiger partial charge in [0.15, 0.2) is 0 Å². The third-order valence-electron chi connectivity index (χ3n) is 4.08. The van der Waals surface area contributed by atoms with Crippen molar-refractivity contribution in [3.8, 4) is 0 Å². The Morgan fingerprint density at radius 3 is 2.69 bits per heavy atom. The number of fused-ring (bicyclic) bond motifs is 1. The molecule has 5 heteroatoms. The molecular weight excluding hydrogens is 326 g/mol. The summed E-state index contributed by atoms with van der Waals surface area (Å²) in [5, 5.41) is 13.1. The number of pyridine rings is 1. The van der Waals surface area contributed by atoms with Crippen molar-refractivity contribution in [2.45, 2.75) is 13.0 Å². The molecule has 1 heterocycles. The fourth-order valence-electron chi connectivity index (χ4n) is 2.67. The first kappa shape index (κ1) is 17.8. The van der Waals surface area contributed by atoms with Crippen molar-refractivity contribution in [3.63, 3.8) is 0 Å². The predicted molar refractivity (Wildman–Crippen MR) is 103 cm³/mol. The molecule has 0 saturated heterocycles. The Hall–Kier alpha value is -3.02. The topological polar surface area (TPSA) is 74.2 Å². The van der Waals surface area contributed by atoms with Crippen LogP contribution in [0.15, 0.2) is 66.9 Å². The SMILES string of the molecule is O=C(/C=C/c1ccc(CNCCc2cnc3ccccc3c2)cc1)NO. The first-order chi connectivity index (χ1) is 12.7. The van der Waals surface area contributed by atoms with Crippen molar-refractivity contribution >= 4 is 22.9 Å². The maximum atomic E-state index is 11.0. The average molecular weight is 347 g/mol. The second kappa shape index (κ2) is 8.89. The third kappa shape index (κ3) is 4.99. The van der Waals surface area contributed by atoms with Crippen LogP contribution < -0.4 is 10.8 Å². The minimum Gasteiger partial charge on any atom is -0.312 e. The molecule has 0 saturated carbocycles. The van der Waals surface area contributed by atoms with E-state index in [-0.39, 0.29) is 0 Å². The molecular formula is C21H21N3O2. The molecule has 1 aromatic heterocycles. The zero-order valence-corrected chi connectivity index (χ0v) is 14.4. The van der Waals surface area contributed by atoms with Crippen molar-refractivity contribution in [2.75, 3.05) is 6.54 Å². The van der Waals surface area contributed by atoms with E-state index in [2.05, 4.69) is 22.4 Å². The average Bonchev–Trinajstić information content (AvgIpc) is 2.70. The summed E-state index contributed by atoms with van der Waals surface area (Å²) in [5.41, 5.74) is 5.88. The van der Waals surface area contributed by atoms with Gasteiger partial charge in [-0.1, -0.05) is 42.5 Å². The van der Waals surface area contributed by atoms with Gasteiger partial charge in [0.1, 0.15) is 0 Å². The Morgan fingerprint density at radius 1 is 1.08 bits per heavy atom. The molecule has 0 atom stereocenters. The molecule has 26 heavy (non-hydrogen) atoms. The van der Waals surface area contributed by atoms with Gasteiger partial charge in [0.05, 0.1) is 5.52 Å². The zero-order valence-electron chi connectivity index (χ0n) is 14.4. The predicted octanol–water partition coefficient (Wildman–Crippen LogP) is 3.09. The second-order valence-corrected chi connectivity index (χ2v) is 6.01. The standard InChI is InChI=1S/C21H21N3O2/c25-21(24-26)10-9-16-5-7-17(8-6-16)14-22-12-11-18-13-19-3-1-2-4-20(19)23-15-18/h1-10,13,15,22,26H,11-12,14H2,(H,24,25)/b10-9+. The highest BCUT2D eigenvalue weighted by Gasteiger charge is 1.99. The molecule has 3 N–H and O–H groups in total. The quantitative estimate of drug-likeness (QED) is 0.266. The lowest BCUT2D eigenvalue weighted by molar-refractivity contribution is -0.124. The molecule has 0 radical (unpaired) electrons. The monoisotopic (exact) mass is 347 g/mol. The molecule has 2 aromatic carbocycles. The van der Waals surface area contributed by atoms with E-state index >= 15 is 0 Å². The number of benzene rings is 2. The number of hydrogen-bond acceptors (Lipinski definition) is 4. The first-order valence-electron chi connectivity index (χ1n) is 8.50. The van der Waals surface area contributed by atoms with Crippen LogP contribution in [0.2, 0.25) is 0 Å². The number of aromatic nitrogens is 1. The number of hydrogen-bond donors (Lipinski definition) is 3. The van der Waals surface area contributed by atoms with E-state index < -0.39 is 5.91 Å². The fourth-order valence-corrected chi connectivity index (χ4v) is 2.67. The van der Waals surface area contributed by atoms with Crippen LogP contribution in [0.5, 0.6) is 0 Å². The second-order valence-electron chi connectivity index (χ2n) is 6.01. The summed E-state index contributed by atoms with van der Waals surface area (Å²) >= 11 is 0. The van der Waals surface area contributed by atoms with E-state index in [4.69, 9.17) is 5.21 Å². The smallest absolute Gasteiger partial charge is 0.267 e. The number of rotatable bonds is 7. The van der Waals surface area contributed by atoms with Gasteiger partial charge in [0.2, 0.25) is 0 Å². The number of carbonyl (C=O) groups is 1. The van der Waals surface area contributed by atoms with Gasteiger partial charge in [-0.2, -0.15) is 0 Å². The summed E-state index contributed by atoms with van der Waals surface area (Å²) in [6.07, 6.45) is 5.79. The maximum Gasteiger partial charge on any atom is 0.267 e. The Labute approximate surface area is 152 Å². The molecule has 0 aliphatic rings. The Kier molecular flexibility index (Phi) is 6.09. The van der Waals surface area contributed by atoms with E-state index in [0.29, 0.717) is 0 Å². The Balaban J connectivity index is 1.47. The lowest BCUT2D eigenvalue weighted by Crippen LogP contribution is -2.16. The first-order valence-corrected chi connectivity index (χ1v) is 8.50. The molecule has 0 unspecified atom stereocenters. The van der Waals surface area contributed by atoms with Crippen molar-refractivity contribution in [1.29, 1.82) is 0 Å². The summed E-state index contributed by atoms with van der Waals surface area (Å²) in [7, 11) is 0. The molecule has 3 aromatic rings. The van der Waals surface area contributed by atoms with Crippen molar-refractivity contribution in [2.24, 2.45) is 0 Å². The van der Waals surface area contributed by atoms with Gasteiger partial charge in [-0.15, -0.1) is 0 Å². The molecule has 132 valence electrons. The van der Waals surface area contributed by atoms with Crippen LogP contribution >= 0.6 is 0 Å². The van der Waals surface area contributed by atoms with Crippen LogP contribution in [0.3, 0.4) is 0 Å². The molecule has 0 spiro atoms. The molecule has 5 nitrogen and oxygen atoms in total. The van der Waals surface area contributed by atoms with Crippen molar-refractivity contribution in [3.05, 3.63) is 83.6 Å². The van der Waals surface area contributed by atoms with E-state index in [1.54, 1.807) is 11.6 Å². The van der Waals surface area contributed by atoms with Gasteiger partial charge in [-0.3, -0.25) is 15.0 Å². The normalized spacial score (nSPS) is 11.1. The highest BCUT2D eigenvalue weighted by molar-refractivity contribution is 5.90. The van der Waals surface area contributed by atoms with Crippen LogP contribution in [0, 0.1) is 0 Å². The van der Waals surface area contributed by atoms with E-state index in [0.717, 1.165) is 30.6 Å². The van der Waals surface area contributed by atoms with Crippen LogP contribution in [0.4, 0.5) is 0 Å². The van der Waals surface area contributed by atoms with Crippen LogP contribution in [0.1, 0.15) is 16.7 Å². The van der Waals surface area contributed by atoms with Gasteiger partial charge >= 0.3 is 0 Å². The summed E-state index contributed by atoms with van der Waals surface area (Å²) in [6, 6.07) is 18.2. The Bertz CT molecular complexity index is 905. The van der Waals surface area contributed by atoms with Crippen LogP contribution in [-0.4, -0.2) is 22.6 Å². The van der Waals surface area contributed by atoms with E-state index in [1.807, 2.05) is 48.7 Å². The highest BCUT2D eigenvalue weighted by atomic mass is 16.5. The molecule has 3 rings (SSSR count). The molecule has 0 aliphatic carbocycles. The van der Waals surface area contributed by atoms with Gasteiger partial charge in [0, 0.05) is 24.2 Å². The lowest BCUT2D eigenvalue weighted by Gasteiger charge is -2.06. The summed E-state index contributed by atoms with van der Waals surface area (Å²) in [6.45, 7) is 1.65. The van der Waals surface area contributed by atoms with Crippen LogP contribution in [0.25, 0.3) is 17.0 Å². The minimum absolute atomic E-state index is 0.543. The third-order valence-corrected chi connectivity index (χ3v) is 4.08. The lowest BCUT2D eigenvalue weighted by atomic mass is 10.1. The number of nitrogens with zero attached hydrogens (tertiary/aromatic N) is 1. The minimum atomic E-state index is -0.543. The van der Waals surface area contributed by atoms with E-state index in [1.165, 1.54) is 22.6 Å². The largest absolute Gasteiger partial charge is 0.312 e. The highest BCUT2D eigenvalue weighted by Crippen LogP contribution is 2.13. The number of para-hydroxylation sites is 1. The fraction of sp³-hybridized carbons (Fsp3) is 0.143. The molecule has 0 bridgehead atoms. The van der Waals surface area contributed by atoms with E-state index in [9.17, 15) is 4.79 Å². The number of hydroxylamine groups is 1. The maximum absolute atomic E-state index is 11.0. The number of nitrogens with one attached hydrogen (secondary N) is 2. The molecule has 0 fully saturated rings. The zero-order chi connectivity index (χ0) is 18.2. The molecule has 0 aliphatic heterocycles. The van der Waals surface area contributed by atoms with Gasteiger partial charge in [-0.25, -0.2) is 5.48 Å². The van der Waals surface area contributed by atoms with Crippen molar-refractivity contribution < 1.29 is 10.0 Å². The summed E-state index contributed by atoms with van der Waals surface area (Å²) in [4.78, 5) is 15.4. The number of amides is 1. The van der Waals surface area contributed by atoms with Gasteiger partial charge < -0.3 is 5.32 Å².